The summed E-state index contributed by atoms with van der Waals surface area (Å²) in [6, 6.07) is 10.3. The van der Waals surface area contributed by atoms with Crippen LogP contribution in [0, 0.1) is 0 Å². The fourth-order valence-corrected chi connectivity index (χ4v) is 2.25. The summed E-state index contributed by atoms with van der Waals surface area (Å²) in [7, 11) is 0. The van der Waals surface area contributed by atoms with Gasteiger partial charge in [-0.3, -0.25) is 14.8 Å². The van der Waals surface area contributed by atoms with Gasteiger partial charge in [-0.1, -0.05) is 0 Å². The molecule has 0 aliphatic heterocycles. The Morgan fingerprint density at radius 2 is 1.36 bits per heavy atom. The van der Waals surface area contributed by atoms with Crippen LogP contribution in [0.1, 0.15) is 31.1 Å². The van der Waals surface area contributed by atoms with Crippen LogP contribution in [0.15, 0.2) is 67.3 Å². The average molecular weight is 377 g/mol. The number of carbonyl (C=O) groups excluding carboxylic acids is 3. The quantitative estimate of drug-likeness (QED) is 0.393. The summed E-state index contributed by atoms with van der Waals surface area (Å²) in [6.07, 6.45) is 5.71. The molecule has 28 heavy (non-hydrogen) atoms. The van der Waals surface area contributed by atoms with Crippen LogP contribution in [0.25, 0.3) is 0 Å². The normalized spacial score (nSPS) is 10.2. The molecule has 0 fully saturated rings. The Morgan fingerprint density at radius 1 is 0.786 bits per heavy atom. The molecule has 0 saturated heterocycles. The predicted octanol–water partition coefficient (Wildman–Crippen LogP) is 2.06. The summed E-state index contributed by atoms with van der Waals surface area (Å²) in [6.45, 7) is -0.217. The zero-order chi connectivity index (χ0) is 19.9. The standard InChI is InChI=1S/C20H15N3O5/c21-10-16(24)13-5-6-17(27-19(25)14-3-1-7-22-11-14)18(9-13)28-20(26)15-4-2-8-23-12-15/h1-9,11-12H,10,21H2. The van der Waals surface area contributed by atoms with E-state index in [1.807, 2.05) is 0 Å². The Kier molecular flexibility index (Phi) is 5.83. The summed E-state index contributed by atoms with van der Waals surface area (Å²) in [5, 5.41) is 0. The number of ether oxygens (including phenoxy) is 2. The van der Waals surface area contributed by atoms with E-state index in [1.165, 1.54) is 55.1 Å². The number of nitrogens with two attached hydrogens (primary N) is 1. The first-order chi connectivity index (χ1) is 13.6. The first-order valence-corrected chi connectivity index (χ1v) is 8.20. The number of hydrogen-bond acceptors (Lipinski definition) is 8. The first-order valence-electron chi connectivity index (χ1n) is 8.20. The molecule has 1 aromatic carbocycles. The van der Waals surface area contributed by atoms with E-state index in [2.05, 4.69) is 9.97 Å². The Bertz CT molecular complexity index is 1010. The summed E-state index contributed by atoms with van der Waals surface area (Å²) in [5.41, 5.74) is 6.02. The molecule has 0 bridgehead atoms. The van der Waals surface area contributed by atoms with Gasteiger partial charge < -0.3 is 15.2 Å². The third-order valence-electron chi connectivity index (χ3n) is 3.65. The predicted molar refractivity (Wildman–Crippen MR) is 98.2 cm³/mol. The molecule has 0 saturated carbocycles. The van der Waals surface area contributed by atoms with Gasteiger partial charge in [-0.25, -0.2) is 9.59 Å². The maximum atomic E-state index is 12.4. The Morgan fingerprint density at radius 3 is 1.86 bits per heavy atom. The summed E-state index contributed by atoms with van der Waals surface area (Å²) in [5.74, 6) is -1.89. The van der Waals surface area contributed by atoms with Crippen molar-refractivity contribution < 1.29 is 23.9 Å². The van der Waals surface area contributed by atoms with Crippen LogP contribution in [-0.2, 0) is 0 Å². The van der Waals surface area contributed by atoms with E-state index in [9.17, 15) is 14.4 Å². The minimum atomic E-state index is -0.718. The summed E-state index contributed by atoms with van der Waals surface area (Å²) < 4.78 is 10.7. The van der Waals surface area contributed by atoms with Gasteiger partial charge >= 0.3 is 11.9 Å². The molecule has 0 aliphatic rings. The second-order valence-corrected chi connectivity index (χ2v) is 5.55. The molecule has 2 heterocycles. The van der Waals surface area contributed by atoms with Crippen molar-refractivity contribution in [3.05, 3.63) is 83.9 Å². The second kappa shape index (κ2) is 8.65. The van der Waals surface area contributed by atoms with Gasteiger partial charge in [-0.2, -0.15) is 0 Å². The molecular formula is C20H15N3O5. The fraction of sp³-hybridized carbons (Fsp3) is 0.0500. The molecule has 0 unspecified atom stereocenters. The second-order valence-electron chi connectivity index (χ2n) is 5.55. The van der Waals surface area contributed by atoms with Gasteiger partial charge in [0, 0.05) is 30.4 Å². The van der Waals surface area contributed by atoms with Crippen molar-refractivity contribution in [1.82, 2.24) is 9.97 Å². The van der Waals surface area contributed by atoms with E-state index in [1.54, 1.807) is 12.1 Å². The minimum absolute atomic E-state index is 0.0281. The SMILES string of the molecule is NCC(=O)c1ccc(OC(=O)c2cccnc2)c(OC(=O)c2cccnc2)c1. The van der Waals surface area contributed by atoms with E-state index in [-0.39, 0.29) is 40.5 Å². The number of Topliss-reactive ketones (excluding diaryl/α,β-unsaturated/α-hetero) is 1. The van der Waals surface area contributed by atoms with Gasteiger partial charge in [-0.15, -0.1) is 0 Å². The van der Waals surface area contributed by atoms with Crippen LogP contribution < -0.4 is 15.2 Å². The van der Waals surface area contributed by atoms with Crippen LogP contribution in [0.5, 0.6) is 11.5 Å². The highest BCUT2D eigenvalue weighted by Gasteiger charge is 2.18. The maximum absolute atomic E-state index is 12.4. The van der Waals surface area contributed by atoms with Gasteiger partial charge in [0.25, 0.3) is 0 Å². The topological polar surface area (TPSA) is 121 Å². The number of esters is 2. The lowest BCUT2D eigenvalue weighted by molar-refractivity contribution is 0.0681. The van der Waals surface area contributed by atoms with Crippen molar-refractivity contribution in [3.8, 4) is 11.5 Å². The van der Waals surface area contributed by atoms with Gasteiger partial charge in [-0.05, 0) is 42.5 Å². The first kappa shape index (κ1) is 18.9. The van der Waals surface area contributed by atoms with Crippen molar-refractivity contribution >= 4 is 17.7 Å². The van der Waals surface area contributed by atoms with Gasteiger partial charge in [0.2, 0.25) is 0 Å². The van der Waals surface area contributed by atoms with E-state index >= 15 is 0 Å². The number of rotatable bonds is 6. The molecule has 0 amide bonds. The van der Waals surface area contributed by atoms with Crippen LogP contribution >= 0.6 is 0 Å². The van der Waals surface area contributed by atoms with Crippen molar-refractivity contribution in [2.75, 3.05) is 6.54 Å². The lowest BCUT2D eigenvalue weighted by atomic mass is 10.1. The molecule has 0 spiro atoms. The molecule has 8 nitrogen and oxygen atoms in total. The molecule has 0 aliphatic carbocycles. The highest BCUT2D eigenvalue weighted by atomic mass is 16.6. The fourth-order valence-electron chi connectivity index (χ4n) is 2.25. The largest absolute Gasteiger partial charge is 0.419 e. The zero-order valence-corrected chi connectivity index (χ0v) is 14.6. The maximum Gasteiger partial charge on any atom is 0.345 e. The average Bonchev–Trinajstić information content (AvgIpc) is 2.75. The number of pyridine rings is 2. The van der Waals surface area contributed by atoms with Crippen molar-refractivity contribution in [3.63, 3.8) is 0 Å². The van der Waals surface area contributed by atoms with Crippen molar-refractivity contribution in [1.29, 1.82) is 0 Å². The molecule has 0 radical (unpaired) electrons. The molecule has 2 N–H and O–H groups in total. The van der Waals surface area contributed by atoms with Crippen molar-refractivity contribution in [2.24, 2.45) is 5.73 Å². The van der Waals surface area contributed by atoms with Gasteiger partial charge in [0.05, 0.1) is 17.7 Å². The van der Waals surface area contributed by atoms with Gasteiger partial charge in [0.1, 0.15) is 0 Å². The Hall–Kier alpha value is -3.91. The molecular weight excluding hydrogens is 362 g/mol. The zero-order valence-electron chi connectivity index (χ0n) is 14.6. The monoisotopic (exact) mass is 377 g/mol. The number of nitrogens with zero attached hydrogens (tertiary/aromatic N) is 2. The molecule has 2 aromatic heterocycles. The highest BCUT2D eigenvalue weighted by molar-refractivity contribution is 5.99. The lowest BCUT2D eigenvalue weighted by Gasteiger charge is -2.12. The molecule has 3 rings (SSSR count). The number of aromatic nitrogens is 2. The molecule has 8 heteroatoms. The molecule has 0 atom stereocenters. The number of benzene rings is 1. The van der Waals surface area contributed by atoms with E-state index in [0.29, 0.717) is 0 Å². The van der Waals surface area contributed by atoms with E-state index < -0.39 is 11.9 Å². The summed E-state index contributed by atoms with van der Waals surface area (Å²) >= 11 is 0. The highest BCUT2D eigenvalue weighted by Crippen LogP contribution is 2.30. The lowest BCUT2D eigenvalue weighted by Crippen LogP contribution is -2.16. The molecule has 140 valence electrons. The smallest absolute Gasteiger partial charge is 0.345 e. The number of hydrogen-bond donors (Lipinski definition) is 1. The van der Waals surface area contributed by atoms with Crippen LogP contribution in [-0.4, -0.2) is 34.2 Å². The number of carbonyl (C=O) groups is 3. The van der Waals surface area contributed by atoms with Crippen molar-refractivity contribution in [2.45, 2.75) is 0 Å². The molecule has 3 aromatic rings. The van der Waals surface area contributed by atoms with E-state index in [4.69, 9.17) is 15.2 Å². The van der Waals surface area contributed by atoms with E-state index in [0.717, 1.165) is 0 Å². The minimum Gasteiger partial charge on any atom is -0.419 e. The third kappa shape index (κ3) is 4.43. The van der Waals surface area contributed by atoms with Crippen LogP contribution in [0.4, 0.5) is 0 Å². The number of ketones is 1. The van der Waals surface area contributed by atoms with Crippen LogP contribution in [0.2, 0.25) is 0 Å². The Balaban J connectivity index is 1.91. The third-order valence-corrected chi connectivity index (χ3v) is 3.65. The Labute approximate surface area is 159 Å². The van der Waals surface area contributed by atoms with Crippen LogP contribution in [0.3, 0.4) is 0 Å². The summed E-state index contributed by atoms with van der Waals surface area (Å²) in [4.78, 5) is 44.2. The van der Waals surface area contributed by atoms with Gasteiger partial charge in [0.15, 0.2) is 17.3 Å².